The van der Waals surface area contributed by atoms with Gasteiger partial charge in [0.25, 0.3) is 0 Å². The molecule has 2 N–H and O–H groups in total. The van der Waals surface area contributed by atoms with Gasteiger partial charge in [-0.1, -0.05) is 0 Å². The van der Waals surface area contributed by atoms with Crippen LogP contribution in [-0.2, 0) is 4.79 Å². The monoisotopic (exact) mass is 264 g/mol. The topological polar surface area (TPSA) is 59.6 Å². The first-order valence-corrected chi connectivity index (χ1v) is 6.42. The number of carbonyl (C=O) groups excluding carboxylic acids is 1. The van der Waals surface area contributed by atoms with Gasteiger partial charge in [0.2, 0.25) is 5.91 Å². The molecule has 19 heavy (non-hydrogen) atoms. The summed E-state index contributed by atoms with van der Waals surface area (Å²) >= 11 is 0. The molecule has 5 nitrogen and oxygen atoms in total. The fraction of sp³-hybridized carbons (Fsp3) is 0.500. The molecule has 1 aliphatic heterocycles. The highest BCUT2D eigenvalue weighted by atomic mass is 16.5. The summed E-state index contributed by atoms with van der Waals surface area (Å²) in [5.41, 5.74) is 0.674. The summed E-state index contributed by atoms with van der Waals surface area (Å²) in [5.74, 6) is 1.34. The molecular formula is C14H20N2O3. The average molecular weight is 264 g/mol. The first-order chi connectivity index (χ1) is 9.15. The Balaban J connectivity index is 2.12. The molecule has 0 saturated carbocycles. The minimum atomic E-state index is 0.00630. The molecule has 1 amide bonds. The van der Waals surface area contributed by atoms with Gasteiger partial charge in [0.1, 0.15) is 11.5 Å². The van der Waals surface area contributed by atoms with E-state index in [0.717, 1.165) is 13.0 Å². The third-order valence-electron chi connectivity index (χ3n) is 3.53. The molecule has 2 rings (SSSR count). The predicted octanol–water partition coefficient (Wildman–Crippen LogP) is 1.64. The van der Waals surface area contributed by atoms with E-state index >= 15 is 0 Å². The molecule has 1 aliphatic rings. The zero-order valence-corrected chi connectivity index (χ0v) is 11.5. The highest BCUT2D eigenvalue weighted by molar-refractivity contribution is 5.94. The number of rotatable bonds is 4. The van der Waals surface area contributed by atoms with Crippen molar-refractivity contribution >= 4 is 11.6 Å². The molecule has 0 radical (unpaired) electrons. The highest BCUT2D eigenvalue weighted by Gasteiger charge is 2.29. The second-order valence-electron chi connectivity index (χ2n) is 4.69. The van der Waals surface area contributed by atoms with Gasteiger partial charge in [-0.15, -0.1) is 0 Å². The molecule has 0 aromatic heterocycles. The van der Waals surface area contributed by atoms with Gasteiger partial charge in [-0.25, -0.2) is 0 Å². The Morgan fingerprint density at radius 1 is 1.37 bits per heavy atom. The highest BCUT2D eigenvalue weighted by Crippen LogP contribution is 2.30. The SMILES string of the molecule is COc1ccc(NC(=O)C2CCNC2C)c(OC)c1. The van der Waals surface area contributed by atoms with Gasteiger partial charge >= 0.3 is 0 Å². The van der Waals surface area contributed by atoms with Crippen molar-refractivity contribution in [2.45, 2.75) is 19.4 Å². The fourth-order valence-electron chi connectivity index (χ4n) is 2.34. The van der Waals surface area contributed by atoms with Crippen LogP contribution in [0.15, 0.2) is 18.2 Å². The van der Waals surface area contributed by atoms with Crippen molar-refractivity contribution in [2.75, 3.05) is 26.1 Å². The third kappa shape index (κ3) is 2.98. The molecule has 2 atom stereocenters. The normalized spacial score (nSPS) is 22.1. The molecule has 1 aromatic rings. The maximum atomic E-state index is 12.2. The maximum Gasteiger partial charge on any atom is 0.229 e. The smallest absolute Gasteiger partial charge is 0.229 e. The van der Waals surface area contributed by atoms with E-state index in [-0.39, 0.29) is 17.9 Å². The van der Waals surface area contributed by atoms with E-state index < -0.39 is 0 Å². The van der Waals surface area contributed by atoms with E-state index in [1.165, 1.54) is 0 Å². The van der Waals surface area contributed by atoms with Crippen molar-refractivity contribution in [3.8, 4) is 11.5 Å². The number of hydrogen-bond donors (Lipinski definition) is 2. The molecule has 0 bridgehead atoms. The predicted molar refractivity (Wildman–Crippen MR) is 73.7 cm³/mol. The number of methoxy groups -OCH3 is 2. The van der Waals surface area contributed by atoms with Crippen LogP contribution < -0.4 is 20.1 Å². The van der Waals surface area contributed by atoms with E-state index in [2.05, 4.69) is 10.6 Å². The number of benzene rings is 1. The Morgan fingerprint density at radius 2 is 2.16 bits per heavy atom. The Hall–Kier alpha value is -1.75. The lowest BCUT2D eigenvalue weighted by Crippen LogP contribution is -2.32. The van der Waals surface area contributed by atoms with Gasteiger partial charge in [-0.05, 0) is 32.0 Å². The van der Waals surface area contributed by atoms with Gasteiger partial charge in [-0.2, -0.15) is 0 Å². The number of carbonyl (C=O) groups is 1. The quantitative estimate of drug-likeness (QED) is 0.868. The van der Waals surface area contributed by atoms with E-state index in [1.807, 2.05) is 6.92 Å². The summed E-state index contributed by atoms with van der Waals surface area (Å²) in [6.45, 7) is 2.92. The van der Waals surface area contributed by atoms with Crippen LogP contribution in [0.3, 0.4) is 0 Å². The standard InChI is InChI=1S/C14H20N2O3/c1-9-11(6-7-15-9)14(17)16-12-5-4-10(18-2)8-13(12)19-3/h4-5,8-9,11,15H,6-7H2,1-3H3,(H,16,17). The minimum absolute atomic E-state index is 0.00630. The van der Waals surface area contributed by atoms with Crippen LogP contribution in [0.2, 0.25) is 0 Å². The van der Waals surface area contributed by atoms with Crippen LogP contribution >= 0.6 is 0 Å². The van der Waals surface area contributed by atoms with Crippen LogP contribution in [0.1, 0.15) is 13.3 Å². The number of nitrogens with one attached hydrogen (secondary N) is 2. The molecule has 2 unspecified atom stereocenters. The van der Waals surface area contributed by atoms with Gasteiger partial charge in [0.05, 0.1) is 25.8 Å². The Kier molecular flexibility index (Phi) is 4.27. The van der Waals surface area contributed by atoms with Gasteiger partial charge in [0.15, 0.2) is 0 Å². The number of amides is 1. The Labute approximate surface area is 113 Å². The third-order valence-corrected chi connectivity index (χ3v) is 3.53. The van der Waals surface area contributed by atoms with Gasteiger partial charge < -0.3 is 20.1 Å². The summed E-state index contributed by atoms with van der Waals surface area (Å²) in [5, 5.41) is 6.20. The van der Waals surface area contributed by atoms with E-state index in [1.54, 1.807) is 32.4 Å². The summed E-state index contributed by atoms with van der Waals surface area (Å²) in [6.07, 6.45) is 0.867. The second-order valence-corrected chi connectivity index (χ2v) is 4.69. The van der Waals surface area contributed by atoms with Crippen molar-refractivity contribution in [3.63, 3.8) is 0 Å². The molecule has 1 fully saturated rings. The molecule has 5 heteroatoms. The lowest BCUT2D eigenvalue weighted by atomic mass is 10.0. The molecular weight excluding hydrogens is 244 g/mol. The molecule has 1 heterocycles. The van der Waals surface area contributed by atoms with Crippen molar-refractivity contribution in [1.82, 2.24) is 5.32 Å². The minimum Gasteiger partial charge on any atom is -0.497 e. The number of anilines is 1. The molecule has 1 aromatic carbocycles. The number of hydrogen-bond acceptors (Lipinski definition) is 4. The van der Waals surface area contributed by atoms with Gasteiger partial charge in [-0.3, -0.25) is 4.79 Å². The first-order valence-electron chi connectivity index (χ1n) is 6.42. The van der Waals surface area contributed by atoms with Crippen LogP contribution in [0.25, 0.3) is 0 Å². The largest absolute Gasteiger partial charge is 0.497 e. The second kappa shape index (κ2) is 5.93. The summed E-state index contributed by atoms with van der Waals surface area (Å²) in [7, 11) is 3.17. The van der Waals surface area contributed by atoms with E-state index in [0.29, 0.717) is 17.2 Å². The van der Waals surface area contributed by atoms with Crippen LogP contribution in [0.5, 0.6) is 11.5 Å². The van der Waals surface area contributed by atoms with E-state index in [9.17, 15) is 4.79 Å². The lowest BCUT2D eigenvalue weighted by molar-refractivity contribution is -0.120. The molecule has 1 saturated heterocycles. The summed E-state index contributed by atoms with van der Waals surface area (Å²) in [6, 6.07) is 5.56. The van der Waals surface area contributed by atoms with Crippen molar-refractivity contribution in [1.29, 1.82) is 0 Å². The van der Waals surface area contributed by atoms with Gasteiger partial charge in [0, 0.05) is 12.1 Å². The Bertz CT molecular complexity index is 462. The maximum absolute atomic E-state index is 12.2. The zero-order valence-electron chi connectivity index (χ0n) is 11.5. The van der Waals surface area contributed by atoms with Crippen molar-refractivity contribution < 1.29 is 14.3 Å². The number of ether oxygens (including phenoxy) is 2. The average Bonchev–Trinajstić information content (AvgIpc) is 2.85. The van der Waals surface area contributed by atoms with E-state index in [4.69, 9.17) is 9.47 Å². The summed E-state index contributed by atoms with van der Waals surface area (Å²) < 4.78 is 10.4. The van der Waals surface area contributed by atoms with Crippen LogP contribution in [0, 0.1) is 5.92 Å². The van der Waals surface area contributed by atoms with Crippen molar-refractivity contribution in [2.24, 2.45) is 5.92 Å². The van der Waals surface area contributed by atoms with Crippen LogP contribution in [-0.4, -0.2) is 32.7 Å². The van der Waals surface area contributed by atoms with Crippen molar-refractivity contribution in [3.05, 3.63) is 18.2 Å². The molecule has 0 spiro atoms. The molecule has 0 aliphatic carbocycles. The first kappa shape index (κ1) is 13.7. The summed E-state index contributed by atoms with van der Waals surface area (Å²) in [4.78, 5) is 12.2. The molecule has 104 valence electrons. The fourth-order valence-corrected chi connectivity index (χ4v) is 2.34. The lowest BCUT2D eigenvalue weighted by Gasteiger charge is -2.17. The van der Waals surface area contributed by atoms with Crippen LogP contribution in [0.4, 0.5) is 5.69 Å². The zero-order chi connectivity index (χ0) is 13.8. The Morgan fingerprint density at radius 3 is 2.74 bits per heavy atom.